The molecular weight excluding hydrogens is 1380 g/mol. The molecule has 6 rings (SSSR count). The van der Waals surface area contributed by atoms with E-state index in [-0.39, 0.29) is 56.5 Å². The molecule has 0 bridgehead atoms. The van der Waals surface area contributed by atoms with Crippen molar-refractivity contribution < 1.29 is 121 Å². The van der Waals surface area contributed by atoms with Crippen LogP contribution in [0, 0.1) is 0 Å². The molecule has 0 aromatic heterocycles. The molecule has 3 heterocycles. The van der Waals surface area contributed by atoms with Crippen molar-refractivity contribution in [3.05, 3.63) is 91.0 Å². The molecular formula is C65H104F3N6O23P3. The number of aliphatic carboxylic acids is 1. The summed E-state index contributed by atoms with van der Waals surface area (Å²) < 4.78 is 129. The first-order chi connectivity index (χ1) is 46.9. The van der Waals surface area contributed by atoms with Crippen molar-refractivity contribution in [1.29, 1.82) is 0 Å². The second kappa shape index (κ2) is 47.5. The van der Waals surface area contributed by atoms with Gasteiger partial charge in [-0.05, 0) is 126 Å². The van der Waals surface area contributed by atoms with E-state index in [4.69, 9.17) is 65.8 Å². The van der Waals surface area contributed by atoms with Crippen LogP contribution in [0.3, 0.4) is 0 Å². The monoisotopic (exact) mass is 1490 g/mol. The second-order valence-electron chi connectivity index (χ2n) is 23.6. The maximum atomic E-state index is 13.5. The number of para-hydroxylation sites is 3. The van der Waals surface area contributed by atoms with E-state index in [1.54, 1.807) is 116 Å². The number of alkyl halides is 3. The van der Waals surface area contributed by atoms with Gasteiger partial charge in [0, 0.05) is 98.2 Å². The lowest BCUT2D eigenvalue weighted by Gasteiger charge is -2.36. The number of carboxylic acids is 1. The Kier molecular flexibility index (Phi) is 43.4. The van der Waals surface area contributed by atoms with Crippen molar-refractivity contribution in [3.8, 4) is 17.2 Å². The van der Waals surface area contributed by atoms with Crippen LogP contribution >= 0.6 is 22.8 Å². The zero-order chi connectivity index (χ0) is 75.6. The summed E-state index contributed by atoms with van der Waals surface area (Å²) in [6, 6.07) is 25.9. The molecule has 0 saturated carbocycles. The van der Waals surface area contributed by atoms with Gasteiger partial charge < -0.3 is 77.6 Å². The van der Waals surface area contributed by atoms with Crippen LogP contribution in [0.1, 0.15) is 90.0 Å². The normalized spacial score (nSPS) is 16.8. The van der Waals surface area contributed by atoms with E-state index < -0.39 is 82.9 Å². The van der Waals surface area contributed by atoms with E-state index in [9.17, 15) is 55.6 Å². The Bertz CT molecular complexity index is 2990. The number of benzene rings is 3. The number of halogens is 3. The minimum Gasteiger partial charge on any atom is -0.475 e. The van der Waals surface area contributed by atoms with E-state index in [2.05, 4.69) is 20.4 Å². The van der Waals surface area contributed by atoms with Crippen LogP contribution in [0.2, 0.25) is 0 Å². The number of aliphatic hydroxyl groups is 1. The Labute approximate surface area is 585 Å². The maximum Gasteiger partial charge on any atom is 0.490 e. The van der Waals surface area contributed by atoms with Crippen molar-refractivity contribution in [2.75, 3.05) is 137 Å². The van der Waals surface area contributed by atoms with E-state index in [0.29, 0.717) is 62.8 Å². The minimum absolute atomic E-state index is 0.0953. The molecule has 3 saturated heterocycles. The number of carboxylic acid groups (broad SMARTS) is 1. The summed E-state index contributed by atoms with van der Waals surface area (Å²) in [5.41, 5.74) is -0.926. The number of esters is 3. The first-order valence-electron chi connectivity index (χ1n) is 32.6. The molecule has 3 aromatic carbocycles. The lowest BCUT2D eigenvalue weighted by Crippen LogP contribution is -2.50. The number of nitrogens with one attached hydrogen (secondary N) is 2. The summed E-state index contributed by atoms with van der Waals surface area (Å²) in [5, 5.41) is 21.2. The fourth-order valence-electron chi connectivity index (χ4n) is 8.11. The van der Waals surface area contributed by atoms with E-state index in [1.165, 1.54) is 20.8 Å². The van der Waals surface area contributed by atoms with Crippen LogP contribution in [-0.2, 0) is 74.9 Å². The van der Waals surface area contributed by atoms with Crippen LogP contribution in [-0.4, -0.2) is 244 Å². The van der Waals surface area contributed by atoms with Crippen LogP contribution in [0.15, 0.2) is 91.0 Å². The molecule has 100 heavy (non-hydrogen) atoms. The Hall–Kier alpha value is -6.69. The smallest absolute Gasteiger partial charge is 0.475 e. The van der Waals surface area contributed by atoms with Crippen LogP contribution in [0.4, 0.5) is 22.8 Å². The number of ether oxygens (including phenoxy) is 5. The number of amides is 2. The van der Waals surface area contributed by atoms with E-state index in [0.717, 1.165) is 52.4 Å². The second-order valence-corrected chi connectivity index (χ2v) is 29.7. The molecule has 0 radical (unpaired) electrons. The lowest BCUT2D eigenvalue weighted by atomic mass is 10.2. The highest BCUT2D eigenvalue weighted by Crippen LogP contribution is 2.51. The molecule has 35 heteroatoms. The van der Waals surface area contributed by atoms with Gasteiger partial charge in [-0.25, -0.2) is 42.5 Å². The quantitative estimate of drug-likeness (QED) is 0.0251. The van der Waals surface area contributed by atoms with Gasteiger partial charge in [-0.2, -0.15) is 13.2 Å². The summed E-state index contributed by atoms with van der Waals surface area (Å²) in [7, 11) is -10.9. The van der Waals surface area contributed by atoms with Gasteiger partial charge >= 0.3 is 65.0 Å². The van der Waals surface area contributed by atoms with E-state index in [1.807, 2.05) is 53.7 Å². The molecule has 6 atom stereocenters. The summed E-state index contributed by atoms with van der Waals surface area (Å²) in [6.07, 6.45) is -8.36. The number of hydrogen-bond donors (Lipinski definition) is 4. The third-order valence-corrected chi connectivity index (χ3v) is 18.2. The topological polar surface area (TPSA) is 350 Å². The molecule has 0 spiro atoms. The first-order valence-corrected chi connectivity index (χ1v) is 37.8. The summed E-state index contributed by atoms with van der Waals surface area (Å²) >= 11 is 0. The molecule has 4 N–H and O–H groups in total. The predicted octanol–water partition coefficient (Wildman–Crippen LogP) is 9.80. The zero-order valence-corrected chi connectivity index (χ0v) is 62.2. The summed E-state index contributed by atoms with van der Waals surface area (Å²) in [5.74, 6) is -3.38. The SMILES string of the molecule is CC(C)(C)OC(=O)N1CCNCC1.CCO.CCOC(=O)[C@H](C)OP(=O)(CC=O)Oc1ccccc1.CCOC(=O)[C@H](C)OP(=O)(CCN1CCN(C(=O)OC(C)(C)C)CC1)Oc1ccccc1.CCOC(=O)[C@H](C)OP(=O)(CCN1CCNCC1)Oc1ccccc1.O=C(O)C(F)(F)F. The van der Waals surface area contributed by atoms with Gasteiger partial charge in [0.1, 0.15) is 40.9 Å². The molecule has 568 valence electrons. The van der Waals surface area contributed by atoms with Gasteiger partial charge in [-0.1, -0.05) is 54.6 Å². The van der Waals surface area contributed by atoms with Crippen LogP contribution in [0.25, 0.3) is 0 Å². The Balaban J connectivity index is 0.000000658. The lowest BCUT2D eigenvalue weighted by molar-refractivity contribution is -0.192. The van der Waals surface area contributed by atoms with Crippen molar-refractivity contribution in [1.82, 2.24) is 30.2 Å². The van der Waals surface area contributed by atoms with Crippen molar-refractivity contribution >= 4 is 65.1 Å². The third-order valence-electron chi connectivity index (χ3n) is 12.7. The standard InChI is InChI=1S/C22H35N2O7P.C17H27N2O5P.C13H17O6P.C9H18N2O2.C2HF3O2.C2H6O/c1-6-28-20(25)18(2)30-32(27,31-19-10-8-7-9-11-19)17-16-23-12-14-24(15-13-23)21(26)29-22(3,4)5;1-3-22-17(20)15(2)23-25(21,24-16-7-5-4-6-8-16)14-13-19-11-9-18-10-12-19;1-3-17-13(15)11(2)18-20(16,10-9-14)19-12-7-5-4-6-8-12;1-9(2,3)13-8(12)11-6-4-10-5-7-11;3-2(4,5)1(6)7;1-2-3/h7-11,18H,6,12-17H2,1-5H3;4-8,15,18H,3,9-14H2,1-2H3;4-9,11H,3,10H2,1-2H3;10H,4-7H2,1-3H3;(H,6,7);3H,2H2,1H3/t18-,32?;15-,25?;11-,20?;;;/m000.../s1. The summed E-state index contributed by atoms with van der Waals surface area (Å²) in [6.45, 7) is 33.3. The zero-order valence-electron chi connectivity index (χ0n) is 59.6. The maximum absolute atomic E-state index is 13.5. The number of aliphatic hydroxyl groups excluding tert-OH is 1. The Morgan fingerprint density at radius 2 is 0.780 bits per heavy atom. The molecule has 3 aromatic rings. The molecule has 2 amide bonds. The highest BCUT2D eigenvalue weighted by atomic mass is 31.2. The van der Waals surface area contributed by atoms with Gasteiger partial charge in [0.15, 0.2) is 18.3 Å². The largest absolute Gasteiger partial charge is 0.490 e. The van der Waals surface area contributed by atoms with Crippen LogP contribution in [0.5, 0.6) is 17.2 Å². The fraction of sp³-hybridized carbons (Fsp3) is 0.615. The van der Waals surface area contributed by atoms with Crippen molar-refractivity contribution in [2.24, 2.45) is 0 Å². The molecule has 3 aliphatic heterocycles. The molecule has 29 nitrogen and oxygen atoms in total. The van der Waals surface area contributed by atoms with Gasteiger partial charge in [-0.3, -0.25) is 18.5 Å². The Morgan fingerprint density at radius 3 is 1.07 bits per heavy atom. The summed E-state index contributed by atoms with van der Waals surface area (Å²) in [4.78, 5) is 86.3. The highest BCUT2D eigenvalue weighted by Gasteiger charge is 2.39. The molecule has 3 aliphatic rings. The average molecular weight is 1490 g/mol. The number of carbonyl (C=O) groups excluding carboxylic acids is 6. The van der Waals surface area contributed by atoms with Crippen LogP contribution < -0.4 is 24.2 Å². The third kappa shape index (κ3) is 41.3. The number of nitrogens with zero attached hydrogens (tertiary/aromatic N) is 4. The molecule has 3 unspecified atom stereocenters. The molecule has 0 aliphatic carbocycles. The number of hydrogen-bond acceptors (Lipinski definition) is 26. The van der Waals surface area contributed by atoms with Gasteiger partial charge in [0.2, 0.25) is 0 Å². The average Bonchev–Trinajstić information content (AvgIpc) is 0.854. The number of aldehydes is 1. The Morgan fingerprint density at radius 1 is 0.500 bits per heavy atom. The number of carbonyl (C=O) groups is 7. The fourth-order valence-corrected chi connectivity index (χ4v) is 13.1. The molecule has 3 fully saturated rings. The van der Waals surface area contributed by atoms with Crippen molar-refractivity contribution in [3.63, 3.8) is 0 Å². The number of piperazine rings is 3. The van der Waals surface area contributed by atoms with E-state index >= 15 is 0 Å². The first kappa shape index (κ1) is 91.3. The minimum atomic E-state index is -5.08. The highest BCUT2D eigenvalue weighted by molar-refractivity contribution is 7.55. The number of rotatable bonds is 26. The predicted molar refractivity (Wildman–Crippen MR) is 367 cm³/mol. The van der Waals surface area contributed by atoms with Gasteiger partial charge in [0.05, 0.1) is 32.1 Å². The van der Waals surface area contributed by atoms with Crippen molar-refractivity contribution in [2.45, 2.75) is 126 Å². The van der Waals surface area contributed by atoms with Gasteiger partial charge in [-0.15, -0.1) is 0 Å². The van der Waals surface area contributed by atoms with Gasteiger partial charge in [0.25, 0.3) is 0 Å².